The zero-order valence-corrected chi connectivity index (χ0v) is 13.1. The standard InChI is InChI=1S/C6H7NO5S2.C2H6O4S/c7-5-2-1-4(13(8)9)3-6(5)14(10,11)12;1-2-6-7(3,4)5/h1-3,13H,7H2,(H,10,11,12);2H2,1H3,(H,3,4,5). The fourth-order valence-corrected chi connectivity index (χ4v) is 2.47. The number of benzene rings is 1. The van der Waals surface area contributed by atoms with Crippen molar-refractivity contribution in [1.82, 2.24) is 0 Å². The zero-order valence-electron chi connectivity index (χ0n) is 10.5. The van der Waals surface area contributed by atoms with Crippen molar-refractivity contribution in [2.45, 2.75) is 16.7 Å². The molecule has 0 heterocycles. The summed E-state index contributed by atoms with van der Waals surface area (Å²) in [6.45, 7) is 1.44. The van der Waals surface area contributed by atoms with Gasteiger partial charge < -0.3 is 5.73 Å². The maximum absolute atomic E-state index is 10.7. The molecule has 0 radical (unpaired) electrons. The normalized spacial score (nSPS) is 11.8. The molecular weight excluding hydrogens is 350 g/mol. The minimum Gasteiger partial charge on any atom is -0.398 e. The highest BCUT2D eigenvalue weighted by Crippen LogP contribution is 2.19. The molecule has 1 rings (SSSR count). The van der Waals surface area contributed by atoms with E-state index in [9.17, 15) is 25.3 Å². The predicted octanol–water partition coefficient (Wildman–Crippen LogP) is -0.688. The molecule has 0 unspecified atom stereocenters. The van der Waals surface area contributed by atoms with E-state index in [1.54, 1.807) is 0 Å². The number of anilines is 1. The van der Waals surface area contributed by atoms with E-state index in [4.69, 9.17) is 14.8 Å². The molecule has 1 aromatic rings. The largest absolute Gasteiger partial charge is 0.398 e. The Morgan fingerprint density at radius 1 is 1.19 bits per heavy atom. The molecule has 0 atom stereocenters. The van der Waals surface area contributed by atoms with E-state index in [-0.39, 0.29) is 17.2 Å². The van der Waals surface area contributed by atoms with E-state index in [0.29, 0.717) is 0 Å². The van der Waals surface area contributed by atoms with Gasteiger partial charge in [0.15, 0.2) is 10.7 Å². The molecule has 1 aromatic carbocycles. The van der Waals surface area contributed by atoms with Crippen molar-refractivity contribution in [3.05, 3.63) is 18.2 Å². The molecule has 0 fully saturated rings. The maximum Gasteiger partial charge on any atom is 0.397 e. The van der Waals surface area contributed by atoms with Gasteiger partial charge in [-0.1, -0.05) is 0 Å². The summed E-state index contributed by atoms with van der Waals surface area (Å²) in [5.74, 6) is 0. The number of hydrogen-bond acceptors (Lipinski definition) is 8. The zero-order chi connectivity index (χ0) is 16.8. The molecule has 0 amide bonds. The molecule has 0 aliphatic heterocycles. The molecule has 21 heavy (non-hydrogen) atoms. The maximum atomic E-state index is 10.7. The summed E-state index contributed by atoms with van der Waals surface area (Å²) in [5, 5.41) is 0. The Hall–Kier alpha value is -1.25. The van der Waals surface area contributed by atoms with Crippen LogP contribution in [-0.4, -0.2) is 41.0 Å². The van der Waals surface area contributed by atoms with Crippen LogP contribution >= 0.6 is 0 Å². The first kappa shape index (κ1) is 19.8. The van der Waals surface area contributed by atoms with Gasteiger partial charge in [-0.3, -0.25) is 9.11 Å². The summed E-state index contributed by atoms with van der Waals surface area (Å²) in [6.07, 6.45) is 0. The fourth-order valence-electron chi connectivity index (χ4n) is 1.01. The number of rotatable bonds is 4. The molecule has 10 nitrogen and oxygen atoms in total. The topological polar surface area (TPSA) is 178 Å². The van der Waals surface area contributed by atoms with Crippen molar-refractivity contribution in [2.24, 2.45) is 0 Å². The van der Waals surface area contributed by atoms with E-state index in [1.807, 2.05) is 0 Å². The first-order chi connectivity index (χ1) is 9.38. The molecule has 13 heteroatoms. The average molecular weight is 363 g/mol. The fraction of sp³-hybridized carbons (Fsp3) is 0.250. The lowest BCUT2D eigenvalue weighted by atomic mass is 10.3. The second-order valence-electron chi connectivity index (χ2n) is 3.29. The molecule has 4 N–H and O–H groups in total. The Kier molecular flexibility index (Phi) is 7.21. The minimum atomic E-state index is -4.48. The third kappa shape index (κ3) is 7.93. The van der Waals surface area contributed by atoms with Crippen LogP contribution in [0.5, 0.6) is 0 Å². The molecule has 0 saturated heterocycles. The van der Waals surface area contributed by atoms with Crippen LogP contribution in [0.2, 0.25) is 0 Å². The van der Waals surface area contributed by atoms with Crippen molar-refractivity contribution >= 4 is 36.9 Å². The first-order valence-electron chi connectivity index (χ1n) is 5.01. The van der Waals surface area contributed by atoms with Crippen molar-refractivity contribution < 1.29 is 38.5 Å². The van der Waals surface area contributed by atoms with Crippen molar-refractivity contribution in [3.63, 3.8) is 0 Å². The van der Waals surface area contributed by atoms with Crippen molar-refractivity contribution in [1.29, 1.82) is 0 Å². The molecule has 0 saturated carbocycles. The molecular formula is C8H13NO9S3. The summed E-state index contributed by atoms with van der Waals surface area (Å²) in [6, 6.07) is 3.05. The summed E-state index contributed by atoms with van der Waals surface area (Å²) >= 11 is 0. The van der Waals surface area contributed by atoms with E-state index < -0.39 is 36.1 Å². The number of thiol groups is 1. The highest BCUT2D eigenvalue weighted by atomic mass is 32.3. The van der Waals surface area contributed by atoms with Crippen LogP contribution in [0, 0.1) is 0 Å². The van der Waals surface area contributed by atoms with Crippen LogP contribution < -0.4 is 5.73 Å². The predicted molar refractivity (Wildman–Crippen MR) is 72.4 cm³/mol. The highest BCUT2D eigenvalue weighted by molar-refractivity contribution is 7.86. The SMILES string of the molecule is CCOS(=O)(=O)O.Nc1ccc([SH](=O)=O)cc1S(=O)(=O)O. The molecule has 0 spiro atoms. The molecule has 0 aromatic heterocycles. The van der Waals surface area contributed by atoms with Gasteiger partial charge in [-0.25, -0.2) is 12.6 Å². The first-order valence-corrected chi connectivity index (χ1v) is 9.00. The molecule has 0 aliphatic rings. The Bertz CT molecular complexity index is 756. The lowest BCUT2D eigenvalue weighted by Crippen LogP contribution is -2.03. The van der Waals surface area contributed by atoms with Crippen molar-refractivity contribution in [3.8, 4) is 0 Å². The third-order valence-electron chi connectivity index (χ3n) is 1.75. The van der Waals surface area contributed by atoms with Crippen LogP contribution in [0.25, 0.3) is 0 Å². The second-order valence-corrected chi connectivity index (χ2v) is 6.80. The lowest BCUT2D eigenvalue weighted by Gasteiger charge is -2.01. The number of nitrogen functional groups attached to an aromatic ring is 1. The van der Waals surface area contributed by atoms with Crippen LogP contribution in [0.1, 0.15) is 6.92 Å². The Morgan fingerprint density at radius 3 is 2.00 bits per heavy atom. The summed E-state index contributed by atoms with van der Waals surface area (Å²) in [4.78, 5) is -0.823. The van der Waals surface area contributed by atoms with Gasteiger partial charge in [0.05, 0.1) is 17.2 Å². The van der Waals surface area contributed by atoms with Crippen LogP contribution in [0.15, 0.2) is 28.0 Å². The summed E-state index contributed by atoms with van der Waals surface area (Å²) < 4.78 is 81.8. The van der Waals surface area contributed by atoms with Gasteiger partial charge in [-0.2, -0.15) is 16.8 Å². The summed E-state index contributed by atoms with van der Waals surface area (Å²) in [5.41, 5.74) is 5.04. The van der Waals surface area contributed by atoms with E-state index in [2.05, 4.69) is 4.18 Å². The van der Waals surface area contributed by atoms with Crippen molar-refractivity contribution in [2.75, 3.05) is 12.3 Å². The van der Waals surface area contributed by atoms with Gasteiger partial charge in [0.1, 0.15) is 4.90 Å². The Labute approximate surface area is 123 Å². The van der Waals surface area contributed by atoms with Crippen LogP contribution in [-0.2, 0) is 35.4 Å². The van der Waals surface area contributed by atoms with Gasteiger partial charge >= 0.3 is 10.4 Å². The number of nitrogens with two attached hydrogens (primary N) is 1. The van der Waals surface area contributed by atoms with E-state index >= 15 is 0 Å². The average Bonchev–Trinajstić information content (AvgIpc) is 2.26. The van der Waals surface area contributed by atoms with Gasteiger partial charge in [-0.05, 0) is 25.1 Å². The Morgan fingerprint density at radius 2 is 1.71 bits per heavy atom. The molecule has 0 aliphatic carbocycles. The lowest BCUT2D eigenvalue weighted by molar-refractivity contribution is 0.283. The number of hydrogen-bond donors (Lipinski definition) is 4. The molecule has 0 bridgehead atoms. The van der Waals surface area contributed by atoms with Gasteiger partial charge in [0.2, 0.25) is 0 Å². The van der Waals surface area contributed by atoms with Gasteiger partial charge in [0.25, 0.3) is 10.1 Å². The smallest absolute Gasteiger partial charge is 0.397 e. The van der Waals surface area contributed by atoms with Crippen LogP contribution in [0.3, 0.4) is 0 Å². The Balaban J connectivity index is 0.000000486. The highest BCUT2D eigenvalue weighted by Gasteiger charge is 2.14. The third-order valence-corrected chi connectivity index (χ3v) is 3.90. The monoisotopic (exact) mass is 363 g/mol. The van der Waals surface area contributed by atoms with Gasteiger partial charge in [-0.15, -0.1) is 0 Å². The van der Waals surface area contributed by atoms with Gasteiger partial charge in [0, 0.05) is 0 Å². The van der Waals surface area contributed by atoms with Crippen LogP contribution in [0.4, 0.5) is 5.69 Å². The minimum absolute atomic E-state index is 0.0289. The summed E-state index contributed by atoms with van der Waals surface area (Å²) in [7, 11) is -11.6. The van der Waals surface area contributed by atoms with E-state index in [1.165, 1.54) is 6.92 Å². The van der Waals surface area contributed by atoms with E-state index in [0.717, 1.165) is 18.2 Å². The second kappa shape index (κ2) is 7.67. The molecule has 122 valence electrons. The quantitative estimate of drug-likeness (QED) is 0.304.